The maximum absolute atomic E-state index is 12.2. The number of hydrogen-bond donors (Lipinski definition) is 3. The molecule has 0 aliphatic rings. The number of amides is 2. The first-order valence-electron chi connectivity index (χ1n) is 9.97. The molecule has 0 radical (unpaired) electrons. The minimum Gasteiger partial charge on any atom is -0.355 e. The first-order valence-corrected chi connectivity index (χ1v) is 9.97. The Balaban J connectivity index is 1.98. The maximum atomic E-state index is 12.2. The van der Waals surface area contributed by atoms with E-state index in [2.05, 4.69) is 37.6 Å². The van der Waals surface area contributed by atoms with Crippen molar-refractivity contribution in [3.05, 3.63) is 61.0 Å². The number of nitrogens with one attached hydrogen (secondary N) is 2. The van der Waals surface area contributed by atoms with Crippen molar-refractivity contribution in [2.45, 2.75) is 26.2 Å². The van der Waals surface area contributed by atoms with E-state index in [4.69, 9.17) is 5.73 Å². The van der Waals surface area contributed by atoms with Crippen molar-refractivity contribution in [1.82, 2.24) is 25.7 Å². The Kier molecular flexibility index (Phi) is 9.70. The topological polar surface area (TPSA) is 136 Å². The molecule has 4 N–H and O–H groups in total. The van der Waals surface area contributed by atoms with Gasteiger partial charge in [-0.15, -0.1) is 20.4 Å². The highest BCUT2D eigenvalue weighted by Gasteiger charge is 2.09. The van der Waals surface area contributed by atoms with Gasteiger partial charge in [0.1, 0.15) is 0 Å². The fourth-order valence-corrected chi connectivity index (χ4v) is 2.64. The summed E-state index contributed by atoms with van der Waals surface area (Å²) in [5, 5.41) is 22.1. The number of carbonyl (C=O) groups excluding carboxylic acids is 2. The second-order valence-corrected chi connectivity index (χ2v) is 6.53. The van der Waals surface area contributed by atoms with E-state index in [0.29, 0.717) is 42.4 Å². The highest BCUT2D eigenvalue weighted by molar-refractivity contribution is 5.91. The van der Waals surface area contributed by atoms with Gasteiger partial charge in [-0.3, -0.25) is 9.59 Å². The Labute approximate surface area is 181 Å². The second kappa shape index (κ2) is 12.8. The van der Waals surface area contributed by atoms with Crippen molar-refractivity contribution in [1.29, 1.82) is 0 Å². The van der Waals surface area contributed by atoms with Gasteiger partial charge in [0, 0.05) is 42.8 Å². The van der Waals surface area contributed by atoms with Crippen molar-refractivity contribution in [3.8, 4) is 11.4 Å². The molecule has 0 saturated heterocycles. The summed E-state index contributed by atoms with van der Waals surface area (Å²) >= 11 is 0. The Hall–Kier alpha value is -3.72. The largest absolute Gasteiger partial charge is 0.355 e. The van der Waals surface area contributed by atoms with E-state index in [9.17, 15) is 9.59 Å². The molecule has 2 aromatic rings. The van der Waals surface area contributed by atoms with Crippen LogP contribution >= 0.6 is 0 Å². The summed E-state index contributed by atoms with van der Waals surface area (Å²) in [6, 6.07) is 7.10. The van der Waals surface area contributed by atoms with Crippen molar-refractivity contribution in [3.63, 3.8) is 0 Å². The van der Waals surface area contributed by atoms with Crippen LogP contribution in [0, 0.1) is 0 Å². The average molecular weight is 422 g/mol. The fourth-order valence-electron chi connectivity index (χ4n) is 2.64. The molecule has 1 aromatic heterocycles. The first kappa shape index (κ1) is 23.6. The van der Waals surface area contributed by atoms with Crippen LogP contribution in [-0.4, -0.2) is 45.3 Å². The summed E-state index contributed by atoms with van der Waals surface area (Å²) in [4.78, 5) is 23.7. The lowest BCUT2D eigenvalue weighted by molar-refractivity contribution is -0.121. The monoisotopic (exact) mass is 421 g/mol. The molecule has 0 spiro atoms. The molecule has 0 bridgehead atoms. The molecule has 0 aliphatic heterocycles. The molecule has 0 fully saturated rings. The summed E-state index contributed by atoms with van der Waals surface area (Å²) in [6.45, 7) is 6.40. The minimum absolute atomic E-state index is 0.110. The van der Waals surface area contributed by atoms with E-state index in [-0.39, 0.29) is 24.7 Å². The van der Waals surface area contributed by atoms with Crippen molar-refractivity contribution >= 4 is 23.1 Å². The number of benzene rings is 1. The zero-order chi connectivity index (χ0) is 22.5. The van der Waals surface area contributed by atoms with Gasteiger partial charge in [-0.25, -0.2) is 0 Å². The number of rotatable bonds is 11. The third-order valence-electron chi connectivity index (χ3n) is 4.06. The van der Waals surface area contributed by atoms with E-state index in [1.54, 1.807) is 30.4 Å². The summed E-state index contributed by atoms with van der Waals surface area (Å²) in [7, 11) is 0. The Bertz CT molecular complexity index is 953. The van der Waals surface area contributed by atoms with Gasteiger partial charge in [-0.1, -0.05) is 43.0 Å². The number of hydrogen-bond acceptors (Lipinski definition) is 7. The van der Waals surface area contributed by atoms with Gasteiger partial charge in [-0.2, -0.15) is 0 Å². The predicted molar refractivity (Wildman–Crippen MR) is 121 cm³/mol. The van der Waals surface area contributed by atoms with Crippen LogP contribution in [0.3, 0.4) is 0 Å². The number of carbonyl (C=O) groups is 2. The molecule has 2 rings (SSSR count). The lowest BCUT2D eigenvalue weighted by atomic mass is 10.1. The van der Waals surface area contributed by atoms with Gasteiger partial charge >= 0.3 is 0 Å². The molecular weight excluding hydrogens is 394 g/mol. The van der Waals surface area contributed by atoms with Crippen molar-refractivity contribution in [2.75, 3.05) is 18.4 Å². The lowest BCUT2D eigenvalue weighted by Gasteiger charge is -2.07. The van der Waals surface area contributed by atoms with Crippen LogP contribution < -0.4 is 16.4 Å². The molecule has 1 heterocycles. The van der Waals surface area contributed by atoms with E-state index in [0.717, 1.165) is 5.57 Å². The Morgan fingerprint density at radius 1 is 1.13 bits per heavy atom. The van der Waals surface area contributed by atoms with E-state index < -0.39 is 0 Å². The standard InChI is InChI=1S/C22H27N7O2/c1-3-7-16(8-4-2)21-26-28-22(29-27-21)17-9-5-10-18(15-17)25-20(31)12-6-11-19(30)24-14-13-23/h3-5,7-10,15H,1,6,11-14,23H2,2H3,(H,24,30)(H,25,31). The van der Waals surface area contributed by atoms with Crippen molar-refractivity contribution < 1.29 is 9.59 Å². The fraction of sp³-hybridized carbons (Fsp3) is 0.273. The van der Waals surface area contributed by atoms with Gasteiger partial charge in [0.25, 0.3) is 0 Å². The summed E-state index contributed by atoms with van der Waals surface area (Å²) in [5.41, 5.74) is 7.36. The summed E-state index contributed by atoms with van der Waals surface area (Å²) in [6.07, 6.45) is 8.09. The lowest BCUT2D eigenvalue weighted by Crippen LogP contribution is -2.28. The zero-order valence-electron chi connectivity index (χ0n) is 17.5. The summed E-state index contributed by atoms with van der Waals surface area (Å²) in [5.74, 6) is 0.444. The normalized spacial score (nSPS) is 11.4. The highest BCUT2D eigenvalue weighted by Crippen LogP contribution is 2.19. The van der Waals surface area contributed by atoms with Gasteiger partial charge in [0.15, 0.2) is 0 Å². The highest BCUT2D eigenvalue weighted by atomic mass is 16.2. The van der Waals surface area contributed by atoms with Crippen LogP contribution in [0.15, 0.2) is 55.1 Å². The van der Waals surface area contributed by atoms with Crippen LogP contribution in [0.2, 0.25) is 0 Å². The van der Waals surface area contributed by atoms with Gasteiger partial charge in [0.2, 0.25) is 23.5 Å². The molecule has 0 unspecified atom stereocenters. The minimum atomic E-state index is -0.179. The van der Waals surface area contributed by atoms with Crippen LogP contribution in [0.4, 0.5) is 5.69 Å². The number of aromatic nitrogens is 4. The average Bonchev–Trinajstić information content (AvgIpc) is 2.78. The molecular formula is C22H27N7O2. The first-order chi connectivity index (χ1) is 15.1. The SMILES string of the molecule is C=CC=C(C=CC)c1nnc(-c2cccc(NC(=O)CCCC(=O)NCCN)c2)nn1. The van der Waals surface area contributed by atoms with Gasteiger partial charge in [-0.05, 0) is 25.5 Å². The summed E-state index contributed by atoms with van der Waals surface area (Å²) < 4.78 is 0. The molecule has 0 saturated carbocycles. The quantitative estimate of drug-likeness (QED) is 0.473. The molecule has 9 heteroatoms. The second-order valence-electron chi connectivity index (χ2n) is 6.53. The van der Waals surface area contributed by atoms with Gasteiger partial charge in [0.05, 0.1) is 0 Å². The van der Waals surface area contributed by atoms with Gasteiger partial charge < -0.3 is 16.4 Å². The third kappa shape index (κ3) is 7.90. The molecule has 2 amide bonds. The zero-order valence-corrected chi connectivity index (χ0v) is 17.5. The molecule has 1 aromatic carbocycles. The van der Waals surface area contributed by atoms with Crippen LogP contribution in [0.1, 0.15) is 32.0 Å². The van der Waals surface area contributed by atoms with Crippen LogP contribution in [0.5, 0.6) is 0 Å². The molecule has 162 valence electrons. The van der Waals surface area contributed by atoms with E-state index in [1.807, 2.05) is 25.1 Å². The maximum Gasteiger partial charge on any atom is 0.224 e. The Morgan fingerprint density at radius 3 is 2.55 bits per heavy atom. The van der Waals surface area contributed by atoms with Crippen LogP contribution in [0.25, 0.3) is 17.0 Å². The number of anilines is 1. The predicted octanol–water partition coefficient (Wildman–Crippen LogP) is 2.26. The molecule has 0 aliphatic carbocycles. The van der Waals surface area contributed by atoms with Crippen LogP contribution in [-0.2, 0) is 9.59 Å². The van der Waals surface area contributed by atoms with Crippen molar-refractivity contribution in [2.24, 2.45) is 5.73 Å². The smallest absolute Gasteiger partial charge is 0.224 e. The van der Waals surface area contributed by atoms with E-state index >= 15 is 0 Å². The number of nitrogens with zero attached hydrogens (tertiary/aromatic N) is 4. The Morgan fingerprint density at radius 2 is 1.87 bits per heavy atom. The number of allylic oxidation sites excluding steroid dienone is 5. The molecule has 0 atom stereocenters. The van der Waals surface area contributed by atoms with E-state index in [1.165, 1.54) is 0 Å². The number of nitrogens with two attached hydrogens (primary N) is 1. The molecule has 9 nitrogen and oxygen atoms in total. The molecule has 31 heavy (non-hydrogen) atoms. The third-order valence-corrected chi connectivity index (χ3v) is 4.06.